The second kappa shape index (κ2) is 5.54. The van der Waals surface area contributed by atoms with Crippen molar-refractivity contribution in [2.75, 3.05) is 14.1 Å². The van der Waals surface area contributed by atoms with Crippen LogP contribution in [0.4, 0.5) is 0 Å². The number of likely N-dealkylation sites (N-methyl/N-ethyl adjacent to an activating group) is 1. The molecule has 1 aromatic rings. The van der Waals surface area contributed by atoms with E-state index in [1.54, 1.807) is 0 Å². The Morgan fingerprint density at radius 2 is 2.00 bits per heavy atom. The van der Waals surface area contributed by atoms with Crippen LogP contribution in [0.25, 0.3) is 0 Å². The standard InChI is InChI=1S/C14H24BrN3O/c1-10-13(15)11(18(4)16-10)9-12(19)14(17(2)3)7-5-6-8-14/h12,19H,5-9H2,1-4H3. The minimum absolute atomic E-state index is 0.0718. The van der Waals surface area contributed by atoms with E-state index in [9.17, 15) is 5.11 Å². The molecular weight excluding hydrogens is 306 g/mol. The van der Waals surface area contributed by atoms with Gasteiger partial charge in [-0.1, -0.05) is 12.8 Å². The van der Waals surface area contributed by atoms with Crippen molar-refractivity contribution in [3.05, 3.63) is 15.9 Å². The number of aliphatic hydroxyl groups is 1. The van der Waals surface area contributed by atoms with E-state index in [1.165, 1.54) is 12.8 Å². The van der Waals surface area contributed by atoms with Crippen molar-refractivity contribution in [1.29, 1.82) is 0 Å². The van der Waals surface area contributed by atoms with Gasteiger partial charge in [-0.3, -0.25) is 4.68 Å². The van der Waals surface area contributed by atoms with Crippen LogP contribution in [0.5, 0.6) is 0 Å². The summed E-state index contributed by atoms with van der Waals surface area (Å²) in [6, 6.07) is 0. The maximum absolute atomic E-state index is 10.8. The van der Waals surface area contributed by atoms with Gasteiger partial charge in [-0.05, 0) is 49.8 Å². The first-order valence-electron chi connectivity index (χ1n) is 6.92. The molecule has 0 aliphatic heterocycles. The molecular formula is C14H24BrN3O. The van der Waals surface area contributed by atoms with E-state index < -0.39 is 0 Å². The van der Waals surface area contributed by atoms with Gasteiger partial charge in [-0.15, -0.1) is 0 Å². The van der Waals surface area contributed by atoms with Gasteiger partial charge in [0.15, 0.2) is 0 Å². The number of halogens is 1. The predicted molar refractivity (Wildman–Crippen MR) is 80.2 cm³/mol. The third kappa shape index (κ3) is 2.60. The molecule has 0 saturated heterocycles. The van der Waals surface area contributed by atoms with Gasteiger partial charge in [0.2, 0.25) is 0 Å². The minimum atomic E-state index is -0.351. The zero-order valence-electron chi connectivity index (χ0n) is 12.3. The lowest BCUT2D eigenvalue weighted by Crippen LogP contribution is -2.52. The molecule has 5 heteroatoms. The highest BCUT2D eigenvalue weighted by atomic mass is 79.9. The number of aliphatic hydroxyl groups excluding tert-OH is 1. The van der Waals surface area contributed by atoms with Gasteiger partial charge in [0.05, 0.1) is 22.0 Å². The quantitative estimate of drug-likeness (QED) is 0.921. The first-order valence-corrected chi connectivity index (χ1v) is 7.71. The van der Waals surface area contributed by atoms with E-state index in [1.807, 2.05) is 18.7 Å². The fraction of sp³-hybridized carbons (Fsp3) is 0.786. The number of nitrogens with zero attached hydrogens (tertiary/aromatic N) is 3. The fourth-order valence-corrected chi connectivity index (χ4v) is 3.84. The lowest BCUT2D eigenvalue weighted by molar-refractivity contribution is -0.00357. The SMILES string of the molecule is Cc1nn(C)c(CC(O)C2(N(C)C)CCCC2)c1Br. The molecule has 0 amide bonds. The zero-order chi connectivity index (χ0) is 14.2. The van der Waals surface area contributed by atoms with Crippen molar-refractivity contribution in [2.24, 2.45) is 7.05 Å². The van der Waals surface area contributed by atoms with Crippen molar-refractivity contribution in [3.63, 3.8) is 0 Å². The Kier molecular flexibility index (Phi) is 4.38. The summed E-state index contributed by atoms with van der Waals surface area (Å²) in [5.41, 5.74) is 1.99. The lowest BCUT2D eigenvalue weighted by atomic mass is 9.86. The van der Waals surface area contributed by atoms with Gasteiger partial charge < -0.3 is 10.0 Å². The number of aromatic nitrogens is 2. The Balaban J connectivity index is 2.22. The van der Waals surface area contributed by atoms with Gasteiger partial charge >= 0.3 is 0 Å². The van der Waals surface area contributed by atoms with Crippen LogP contribution >= 0.6 is 15.9 Å². The third-order valence-corrected chi connectivity index (χ3v) is 5.66. The molecule has 0 bridgehead atoms. The maximum Gasteiger partial charge on any atom is 0.0779 e. The number of hydrogen-bond donors (Lipinski definition) is 1. The van der Waals surface area contributed by atoms with Gasteiger partial charge in [-0.2, -0.15) is 5.10 Å². The molecule has 1 N–H and O–H groups in total. The molecule has 1 atom stereocenters. The van der Waals surface area contributed by atoms with Crippen molar-refractivity contribution >= 4 is 15.9 Å². The van der Waals surface area contributed by atoms with E-state index in [2.05, 4.69) is 40.0 Å². The number of hydrogen-bond acceptors (Lipinski definition) is 3. The molecule has 2 rings (SSSR count). The average Bonchev–Trinajstić information content (AvgIpc) is 2.92. The lowest BCUT2D eigenvalue weighted by Gasteiger charge is -2.40. The van der Waals surface area contributed by atoms with Gasteiger partial charge in [0.1, 0.15) is 0 Å². The average molecular weight is 330 g/mol. The molecule has 1 unspecified atom stereocenters. The fourth-order valence-electron chi connectivity index (χ4n) is 3.34. The summed E-state index contributed by atoms with van der Waals surface area (Å²) in [4.78, 5) is 2.21. The Bertz CT molecular complexity index is 450. The van der Waals surface area contributed by atoms with Crippen LogP contribution in [0.2, 0.25) is 0 Å². The zero-order valence-corrected chi connectivity index (χ0v) is 13.9. The summed E-state index contributed by atoms with van der Waals surface area (Å²) in [6.45, 7) is 1.98. The second-order valence-corrected chi connectivity index (χ2v) is 6.69. The normalized spacial score (nSPS) is 20.2. The Morgan fingerprint density at radius 3 is 2.42 bits per heavy atom. The van der Waals surface area contributed by atoms with E-state index in [0.717, 1.165) is 28.7 Å². The second-order valence-electron chi connectivity index (χ2n) is 5.89. The van der Waals surface area contributed by atoms with Crippen LogP contribution in [0, 0.1) is 6.92 Å². The highest BCUT2D eigenvalue weighted by Gasteiger charge is 2.42. The van der Waals surface area contributed by atoms with Crippen LogP contribution in [-0.4, -0.2) is 45.5 Å². The molecule has 19 heavy (non-hydrogen) atoms. The highest BCUT2D eigenvalue weighted by molar-refractivity contribution is 9.10. The van der Waals surface area contributed by atoms with Crippen molar-refractivity contribution in [1.82, 2.24) is 14.7 Å². The van der Waals surface area contributed by atoms with E-state index >= 15 is 0 Å². The molecule has 4 nitrogen and oxygen atoms in total. The Hall–Kier alpha value is -0.390. The monoisotopic (exact) mass is 329 g/mol. The van der Waals surface area contributed by atoms with Crippen LogP contribution < -0.4 is 0 Å². The Labute approximate surface area is 123 Å². The third-order valence-electron chi connectivity index (χ3n) is 4.63. The van der Waals surface area contributed by atoms with Crippen molar-refractivity contribution < 1.29 is 5.11 Å². The summed E-state index contributed by atoms with van der Waals surface area (Å²) in [7, 11) is 6.10. The molecule has 0 aromatic carbocycles. The van der Waals surface area contributed by atoms with Crippen molar-refractivity contribution in [2.45, 2.75) is 50.7 Å². The molecule has 1 aromatic heterocycles. The molecule has 1 aliphatic carbocycles. The first kappa shape index (κ1) is 15.0. The molecule has 1 aliphatic rings. The molecule has 0 spiro atoms. The molecule has 1 fully saturated rings. The largest absolute Gasteiger partial charge is 0.391 e. The summed E-state index contributed by atoms with van der Waals surface area (Å²) < 4.78 is 2.90. The number of aryl methyl sites for hydroxylation is 2. The van der Waals surface area contributed by atoms with Crippen LogP contribution in [0.15, 0.2) is 4.47 Å². The molecule has 108 valence electrons. The molecule has 1 heterocycles. The van der Waals surface area contributed by atoms with Crippen LogP contribution in [-0.2, 0) is 13.5 Å². The van der Waals surface area contributed by atoms with Gasteiger partial charge in [0, 0.05) is 19.0 Å². The summed E-state index contributed by atoms with van der Waals surface area (Å²) >= 11 is 3.58. The first-order chi connectivity index (χ1) is 8.88. The van der Waals surface area contributed by atoms with Crippen molar-refractivity contribution in [3.8, 4) is 0 Å². The smallest absolute Gasteiger partial charge is 0.0779 e. The molecule has 0 radical (unpaired) electrons. The predicted octanol–water partition coefficient (Wildman–Crippen LogP) is 2.27. The maximum atomic E-state index is 10.8. The number of rotatable bonds is 4. The summed E-state index contributed by atoms with van der Waals surface area (Å²) in [6.07, 6.45) is 4.87. The van der Waals surface area contributed by atoms with E-state index in [0.29, 0.717) is 6.42 Å². The summed E-state index contributed by atoms with van der Waals surface area (Å²) in [5.74, 6) is 0. The van der Waals surface area contributed by atoms with E-state index in [4.69, 9.17) is 0 Å². The van der Waals surface area contributed by atoms with Crippen LogP contribution in [0.1, 0.15) is 37.1 Å². The van der Waals surface area contributed by atoms with E-state index in [-0.39, 0.29) is 11.6 Å². The van der Waals surface area contributed by atoms with Crippen LogP contribution in [0.3, 0.4) is 0 Å². The molecule has 1 saturated carbocycles. The topological polar surface area (TPSA) is 41.3 Å². The highest BCUT2D eigenvalue weighted by Crippen LogP contribution is 2.38. The Morgan fingerprint density at radius 1 is 1.42 bits per heavy atom. The van der Waals surface area contributed by atoms with Gasteiger partial charge in [-0.25, -0.2) is 0 Å². The van der Waals surface area contributed by atoms with Gasteiger partial charge in [0.25, 0.3) is 0 Å². The minimum Gasteiger partial charge on any atom is -0.391 e. The summed E-state index contributed by atoms with van der Waals surface area (Å²) in [5, 5.41) is 15.2.